The molecular weight excluding hydrogens is 368 g/mol. The average molecular weight is 394 g/mol. The van der Waals surface area contributed by atoms with E-state index in [2.05, 4.69) is 0 Å². The lowest BCUT2D eigenvalue weighted by Crippen LogP contribution is -2.21. The SMILES string of the molecule is CCCCOC(=O)COC(=O)c1ccccc1C(=O)OCC(=O)OCCCC. The van der Waals surface area contributed by atoms with Crippen molar-refractivity contribution in [3.05, 3.63) is 35.4 Å². The van der Waals surface area contributed by atoms with Gasteiger partial charge in [-0.15, -0.1) is 0 Å². The smallest absolute Gasteiger partial charge is 0.344 e. The van der Waals surface area contributed by atoms with Crippen LogP contribution in [0.4, 0.5) is 0 Å². The predicted molar refractivity (Wildman–Crippen MR) is 98.7 cm³/mol. The summed E-state index contributed by atoms with van der Waals surface area (Å²) in [6.07, 6.45) is 3.17. The van der Waals surface area contributed by atoms with Crippen molar-refractivity contribution < 1.29 is 38.1 Å². The van der Waals surface area contributed by atoms with Gasteiger partial charge in [0.2, 0.25) is 0 Å². The summed E-state index contributed by atoms with van der Waals surface area (Å²) in [6, 6.07) is 5.79. The molecule has 0 bridgehead atoms. The van der Waals surface area contributed by atoms with Crippen LogP contribution in [0.5, 0.6) is 0 Å². The van der Waals surface area contributed by atoms with Crippen molar-refractivity contribution in [1.82, 2.24) is 0 Å². The fourth-order valence-electron chi connectivity index (χ4n) is 1.99. The lowest BCUT2D eigenvalue weighted by atomic mass is 10.1. The maximum atomic E-state index is 12.2. The number of benzene rings is 1. The predicted octanol–water partition coefficient (Wildman–Crippen LogP) is 2.69. The van der Waals surface area contributed by atoms with Gasteiger partial charge in [0.15, 0.2) is 13.2 Å². The lowest BCUT2D eigenvalue weighted by molar-refractivity contribution is -0.148. The Labute approximate surface area is 164 Å². The Morgan fingerprint density at radius 3 is 1.43 bits per heavy atom. The Balaban J connectivity index is 2.58. The molecule has 8 heteroatoms. The molecule has 0 atom stereocenters. The van der Waals surface area contributed by atoms with Crippen molar-refractivity contribution >= 4 is 23.9 Å². The largest absolute Gasteiger partial charge is 0.463 e. The van der Waals surface area contributed by atoms with Crippen LogP contribution in [0.15, 0.2) is 24.3 Å². The van der Waals surface area contributed by atoms with Crippen LogP contribution < -0.4 is 0 Å². The zero-order valence-electron chi connectivity index (χ0n) is 16.2. The van der Waals surface area contributed by atoms with Gasteiger partial charge in [-0.3, -0.25) is 0 Å². The quantitative estimate of drug-likeness (QED) is 0.303. The van der Waals surface area contributed by atoms with Crippen LogP contribution in [-0.2, 0) is 28.5 Å². The molecule has 0 fully saturated rings. The van der Waals surface area contributed by atoms with Crippen LogP contribution >= 0.6 is 0 Å². The fourth-order valence-corrected chi connectivity index (χ4v) is 1.99. The van der Waals surface area contributed by atoms with Crippen LogP contribution in [0.25, 0.3) is 0 Å². The van der Waals surface area contributed by atoms with Gasteiger partial charge < -0.3 is 18.9 Å². The van der Waals surface area contributed by atoms with Crippen molar-refractivity contribution in [2.24, 2.45) is 0 Å². The van der Waals surface area contributed by atoms with Crippen molar-refractivity contribution in [3.63, 3.8) is 0 Å². The van der Waals surface area contributed by atoms with Crippen LogP contribution in [-0.4, -0.2) is 50.3 Å². The van der Waals surface area contributed by atoms with Crippen molar-refractivity contribution in [3.8, 4) is 0 Å². The van der Waals surface area contributed by atoms with Gasteiger partial charge >= 0.3 is 23.9 Å². The van der Waals surface area contributed by atoms with Gasteiger partial charge in [0.05, 0.1) is 24.3 Å². The summed E-state index contributed by atoms with van der Waals surface area (Å²) in [7, 11) is 0. The Bertz CT molecular complexity index is 611. The molecule has 0 aromatic heterocycles. The summed E-state index contributed by atoms with van der Waals surface area (Å²) in [5.74, 6) is -3.08. The molecule has 28 heavy (non-hydrogen) atoms. The third-order valence-electron chi connectivity index (χ3n) is 3.53. The van der Waals surface area contributed by atoms with E-state index >= 15 is 0 Å². The number of carbonyl (C=O) groups is 4. The van der Waals surface area contributed by atoms with Crippen LogP contribution in [0.1, 0.15) is 60.2 Å². The molecule has 1 aromatic rings. The van der Waals surface area contributed by atoms with Crippen molar-refractivity contribution in [1.29, 1.82) is 0 Å². The molecule has 0 heterocycles. The highest BCUT2D eigenvalue weighted by Crippen LogP contribution is 2.12. The molecule has 8 nitrogen and oxygen atoms in total. The maximum absolute atomic E-state index is 12.2. The van der Waals surface area contributed by atoms with E-state index in [0.717, 1.165) is 25.7 Å². The summed E-state index contributed by atoms with van der Waals surface area (Å²) in [6.45, 7) is 3.29. The van der Waals surface area contributed by atoms with Gasteiger partial charge in [0.1, 0.15) is 0 Å². The van der Waals surface area contributed by atoms with E-state index in [1.807, 2.05) is 13.8 Å². The standard InChI is InChI=1S/C20H26O8/c1-3-5-11-25-17(21)13-27-19(23)15-9-7-8-10-16(15)20(24)28-14-18(22)26-12-6-4-2/h7-10H,3-6,11-14H2,1-2H3. The minimum Gasteiger partial charge on any atom is -0.463 e. The topological polar surface area (TPSA) is 105 Å². The summed E-state index contributed by atoms with van der Waals surface area (Å²) in [5, 5.41) is 0. The average Bonchev–Trinajstić information content (AvgIpc) is 2.70. The first-order valence-corrected chi connectivity index (χ1v) is 9.24. The second kappa shape index (κ2) is 13.3. The molecule has 1 rings (SSSR count). The number of hydrogen-bond donors (Lipinski definition) is 0. The van der Waals surface area contributed by atoms with Gasteiger partial charge in [-0.05, 0) is 25.0 Å². The zero-order chi connectivity index (χ0) is 20.8. The highest BCUT2D eigenvalue weighted by molar-refractivity contribution is 6.03. The first-order chi connectivity index (χ1) is 13.5. The fraction of sp³-hybridized carbons (Fsp3) is 0.500. The van der Waals surface area contributed by atoms with Crippen molar-refractivity contribution in [2.45, 2.75) is 39.5 Å². The van der Waals surface area contributed by atoms with Crippen LogP contribution in [0.3, 0.4) is 0 Å². The third-order valence-corrected chi connectivity index (χ3v) is 3.53. The Morgan fingerprint density at radius 2 is 1.07 bits per heavy atom. The summed E-state index contributed by atoms with van der Waals surface area (Å²) in [5.41, 5.74) is -0.151. The lowest BCUT2D eigenvalue weighted by Gasteiger charge is -2.10. The molecule has 0 aliphatic carbocycles. The zero-order valence-corrected chi connectivity index (χ0v) is 16.2. The second-order valence-electron chi connectivity index (χ2n) is 5.85. The molecule has 0 unspecified atom stereocenters. The van der Waals surface area contributed by atoms with Gasteiger partial charge in [-0.25, -0.2) is 19.2 Å². The summed E-state index contributed by atoms with van der Waals surface area (Å²) >= 11 is 0. The van der Waals surface area contributed by atoms with E-state index in [9.17, 15) is 19.2 Å². The molecule has 0 spiro atoms. The monoisotopic (exact) mass is 394 g/mol. The van der Waals surface area contributed by atoms with E-state index < -0.39 is 37.1 Å². The Kier molecular flexibility index (Phi) is 11.0. The molecule has 0 radical (unpaired) electrons. The third kappa shape index (κ3) is 8.66. The first kappa shape index (κ1) is 23.1. The molecular formula is C20H26O8. The minimum atomic E-state index is -0.870. The number of esters is 4. The van der Waals surface area contributed by atoms with Gasteiger partial charge in [-0.1, -0.05) is 38.8 Å². The number of rotatable bonds is 12. The van der Waals surface area contributed by atoms with Gasteiger partial charge in [0, 0.05) is 0 Å². The summed E-state index contributed by atoms with van der Waals surface area (Å²) in [4.78, 5) is 47.4. The molecule has 0 saturated carbocycles. The Morgan fingerprint density at radius 1 is 0.679 bits per heavy atom. The number of hydrogen-bond acceptors (Lipinski definition) is 8. The molecule has 0 saturated heterocycles. The van der Waals surface area contributed by atoms with E-state index in [1.54, 1.807) is 0 Å². The number of carbonyl (C=O) groups excluding carboxylic acids is 4. The highest BCUT2D eigenvalue weighted by Gasteiger charge is 2.21. The first-order valence-electron chi connectivity index (χ1n) is 9.24. The number of unbranched alkanes of at least 4 members (excludes halogenated alkanes) is 2. The molecule has 0 aliphatic heterocycles. The minimum absolute atomic E-state index is 0.0757. The van der Waals surface area contributed by atoms with Crippen LogP contribution in [0.2, 0.25) is 0 Å². The molecule has 154 valence electrons. The van der Waals surface area contributed by atoms with E-state index in [0.29, 0.717) is 0 Å². The second-order valence-corrected chi connectivity index (χ2v) is 5.85. The highest BCUT2D eigenvalue weighted by atomic mass is 16.6. The summed E-state index contributed by atoms with van der Waals surface area (Å²) < 4.78 is 19.6. The molecule has 1 aromatic carbocycles. The number of ether oxygens (including phenoxy) is 4. The van der Waals surface area contributed by atoms with Crippen LogP contribution in [0, 0.1) is 0 Å². The molecule has 0 amide bonds. The van der Waals surface area contributed by atoms with Gasteiger partial charge in [0.25, 0.3) is 0 Å². The van der Waals surface area contributed by atoms with Gasteiger partial charge in [-0.2, -0.15) is 0 Å². The van der Waals surface area contributed by atoms with E-state index in [4.69, 9.17) is 18.9 Å². The van der Waals surface area contributed by atoms with E-state index in [1.165, 1.54) is 24.3 Å². The molecule has 0 N–H and O–H groups in total. The normalized spacial score (nSPS) is 10.1. The maximum Gasteiger partial charge on any atom is 0.344 e. The van der Waals surface area contributed by atoms with E-state index in [-0.39, 0.29) is 24.3 Å². The molecule has 0 aliphatic rings. The van der Waals surface area contributed by atoms with Crippen molar-refractivity contribution in [2.75, 3.05) is 26.4 Å². The Hall–Kier alpha value is -2.90.